The molecule has 3 rings (SSSR count). The summed E-state index contributed by atoms with van der Waals surface area (Å²) in [6.45, 7) is 1.75. The van der Waals surface area contributed by atoms with Gasteiger partial charge < -0.3 is 10.5 Å². The summed E-state index contributed by atoms with van der Waals surface area (Å²) in [6, 6.07) is 3.42. The summed E-state index contributed by atoms with van der Waals surface area (Å²) in [6.07, 6.45) is 3.83. The van der Waals surface area contributed by atoms with E-state index in [2.05, 4.69) is 20.9 Å². The van der Waals surface area contributed by atoms with E-state index < -0.39 is 0 Å². The van der Waals surface area contributed by atoms with Crippen LogP contribution in [0.2, 0.25) is 0 Å². The smallest absolute Gasteiger partial charge is 0.193 e. The standard InChI is InChI=1S/C14H12BrN3O2S/c1-8(19)11-4-9(15)5-12(16)13(11)20-7-10-6-18-2-3-21-14(18)17-10/h2-6H,7,16H2,1H3. The highest BCUT2D eigenvalue weighted by Gasteiger charge is 2.14. The van der Waals surface area contributed by atoms with Crippen LogP contribution in [0.4, 0.5) is 5.69 Å². The highest BCUT2D eigenvalue weighted by Crippen LogP contribution is 2.31. The summed E-state index contributed by atoms with van der Waals surface area (Å²) in [5.41, 5.74) is 7.63. The monoisotopic (exact) mass is 365 g/mol. The number of hydrogen-bond donors (Lipinski definition) is 1. The highest BCUT2D eigenvalue weighted by molar-refractivity contribution is 9.10. The zero-order valence-electron chi connectivity index (χ0n) is 11.2. The molecule has 0 radical (unpaired) electrons. The lowest BCUT2D eigenvalue weighted by molar-refractivity contribution is 0.101. The topological polar surface area (TPSA) is 69.6 Å². The van der Waals surface area contributed by atoms with Crippen molar-refractivity contribution in [2.24, 2.45) is 0 Å². The number of carbonyl (C=O) groups is 1. The van der Waals surface area contributed by atoms with E-state index in [0.717, 1.165) is 15.1 Å². The van der Waals surface area contributed by atoms with Gasteiger partial charge in [0.2, 0.25) is 0 Å². The molecule has 0 saturated heterocycles. The first-order chi connectivity index (χ1) is 10.0. The van der Waals surface area contributed by atoms with Crippen molar-refractivity contribution in [3.8, 4) is 5.75 Å². The first-order valence-electron chi connectivity index (χ1n) is 6.18. The Morgan fingerprint density at radius 3 is 3.05 bits per heavy atom. The molecule has 0 bridgehead atoms. The molecular weight excluding hydrogens is 354 g/mol. The Morgan fingerprint density at radius 1 is 1.52 bits per heavy atom. The third-order valence-electron chi connectivity index (χ3n) is 2.97. The van der Waals surface area contributed by atoms with Crippen LogP contribution in [0.15, 0.2) is 34.4 Å². The van der Waals surface area contributed by atoms with E-state index in [-0.39, 0.29) is 12.4 Å². The fourth-order valence-corrected chi connectivity index (χ4v) is 3.22. The molecule has 21 heavy (non-hydrogen) atoms. The zero-order valence-corrected chi connectivity index (χ0v) is 13.6. The predicted molar refractivity (Wildman–Crippen MR) is 86.0 cm³/mol. The molecule has 5 nitrogen and oxygen atoms in total. The number of nitrogens with two attached hydrogens (primary N) is 1. The van der Waals surface area contributed by atoms with E-state index in [1.807, 2.05) is 22.2 Å². The highest BCUT2D eigenvalue weighted by atomic mass is 79.9. The van der Waals surface area contributed by atoms with Crippen molar-refractivity contribution in [1.82, 2.24) is 9.38 Å². The fraction of sp³-hybridized carbons (Fsp3) is 0.143. The maximum atomic E-state index is 11.7. The molecule has 0 amide bonds. The third kappa shape index (κ3) is 2.79. The number of carbonyl (C=O) groups excluding carboxylic acids is 1. The third-order valence-corrected chi connectivity index (χ3v) is 4.20. The number of aromatic nitrogens is 2. The van der Waals surface area contributed by atoms with E-state index in [0.29, 0.717) is 17.0 Å². The molecule has 2 aromatic heterocycles. The number of nitrogen functional groups attached to an aromatic ring is 1. The maximum Gasteiger partial charge on any atom is 0.193 e. The van der Waals surface area contributed by atoms with Gasteiger partial charge in [-0.25, -0.2) is 4.98 Å². The number of ether oxygens (including phenoxy) is 1. The number of imidazole rings is 1. The molecule has 0 atom stereocenters. The van der Waals surface area contributed by atoms with Gasteiger partial charge in [0.25, 0.3) is 0 Å². The predicted octanol–water partition coefficient (Wildman–Crippen LogP) is 3.52. The Morgan fingerprint density at radius 2 is 2.33 bits per heavy atom. The van der Waals surface area contributed by atoms with Crippen LogP contribution < -0.4 is 10.5 Å². The van der Waals surface area contributed by atoms with Crippen LogP contribution >= 0.6 is 27.3 Å². The second-order valence-corrected chi connectivity index (χ2v) is 6.33. The lowest BCUT2D eigenvalue weighted by Crippen LogP contribution is -2.05. The summed E-state index contributed by atoms with van der Waals surface area (Å²) in [7, 11) is 0. The molecule has 0 aliphatic carbocycles. The molecule has 0 spiro atoms. The zero-order chi connectivity index (χ0) is 15.0. The van der Waals surface area contributed by atoms with Crippen LogP contribution in [0.25, 0.3) is 4.96 Å². The number of ketones is 1. The largest absolute Gasteiger partial charge is 0.484 e. The van der Waals surface area contributed by atoms with Gasteiger partial charge in [-0.05, 0) is 19.1 Å². The molecule has 2 N–H and O–H groups in total. The van der Waals surface area contributed by atoms with Gasteiger partial charge in [-0.1, -0.05) is 15.9 Å². The van der Waals surface area contributed by atoms with E-state index in [1.54, 1.807) is 23.5 Å². The van der Waals surface area contributed by atoms with Crippen molar-refractivity contribution in [1.29, 1.82) is 0 Å². The summed E-state index contributed by atoms with van der Waals surface area (Å²) >= 11 is 4.88. The Labute approximate surface area is 133 Å². The van der Waals surface area contributed by atoms with Crippen molar-refractivity contribution in [2.45, 2.75) is 13.5 Å². The number of anilines is 1. The molecule has 108 valence electrons. The van der Waals surface area contributed by atoms with Crippen molar-refractivity contribution >= 4 is 43.7 Å². The number of nitrogens with zero attached hydrogens (tertiary/aromatic N) is 2. The molecule has 0 fully saturated rings. The molecule has 1 aromatic carbocycles. The SMILES string of the molecule is CC(=O)c1cc(Br)cc(N)c1OCc1cn2ccsc2n1. The van der Waals surface area contributed by atoms with Crippen molar-refractivity contribution < 1.29 is 9.53 Å². The van der Waals surface area contributed by atoms with Crippen molar-refractivity contribution in [3.63, 3.8) is 0 Å². The molecule has 0 saturated carbocycles. The van der Waals surface area contributed by atoms with E-state index >= 15 is 0 Å². The minimum Gasteiger partial charge on any atom is -0.484 e. The molecule has 0 aliphatic heterocycles. The summed E-state index contributed by atoms with van der Waals surface area (Å²) < 4.78 is 8.41. The van der Waals surface area contributed by atoms with Gasteiger partial charge in [-0.15, -0.1) is 11.3 Å². The maximum absolute atomic E-state index is 11.7. The Hall–Kier alpha value is -1.86. The number of thiazole rings is 1. The number of fused-ring (bicyclic) bond motifs is 1. The fourth-order valence-electron chi connectivity index (χ4n) is 2.03. The second-order valence-electron chi connectivity index (χ2n) is 4.54. The average molecular weight is 366 g/mol. The van der Waals surface area contributed by atoms with E-state index in [4.69, 9.17) is 10.5 Å². The van der Waals surface area contributed by atoms with Gasteiger partial charge >= 0.3 is 0 Å². The van der Waals surface area contributed by atoms with Crippen molar-refractivity contribution in [3.05, 3.63) is 45.6 Å². The minimum absolute atomic E-state index is 0.0937. The van der Waals surface area contributed by atoms with Gasteiger partial charge in [0, 0.05) is 22.2 Å². The Balaban J connectivity index is 1.87. The number of hydrogen-bond acceptors (Lipinski definition) is 5. The van der Waals surface area contributed by atoms with Gasteiger partial charge in [0.15, 0.2) is 16.5 Å². The number of halogens is 1. The van der Waals surface area contributed by atoms with Gasteiger partial charge in [0.1, 0.15) is 6.61 Å². The number of benzene rings is 1. The normalized spacial score (nSPS) is 11.0. The lowest BCUT2D eigenvalue weighted by Gasteiger charge is -2.12. The molecule has 3 aromatic rings. The minimum atomic E-state index is -0.0937. The second kappa shape index (κ2) is 5.50. The van der Waals surface area contributed by atoms with E-state index in [9.17, 15) is 4.79 Å². The number of rotatable bonds is 4. The first-order valence-corrected chi connectivity index (χ1v) is 7.85. The van der Waals surface area contributed by atoms with Crippen molar-refractivity contribution in [2.75, 3.05) is 5.73 Å². The van der Waals surface area contributed by atoms with Crippen LogP contribution in [0.3, 0.4) is 0 Å². The molecule has 2 heterocycles. The van der Waals surface area contributed by atoms with E-state index in [1.165, 1.54) is 6.92 Å². The van der Waals surface area contributed by atoms with Crippen LogP contribution in [0.5, 0.6) is 5.75 Å². The van der Waals surface area contributed by atoms with Crippen LogP contribution in [0, 0.1) is 0 Å². The first kappa shape index (κ1) is 14.1. The lowest BCUT2D eigenvalue weighted by atomic mass is 10.1. The van der Waals surface area contributed by atoms with Crippen LogP contribution in [0.1, 0.15) is 23.0 Å². The Kier molecular flexibility index (Phi) is 3.69. The molecule has 7 heteroatoms. The summed E-state index contributed by atoms with van der Waals surface area (Å²) in [5.74, 6) is 0.311. The Bertz CT molecular complexity index is 796. The van der Waals surface area contributed by atoms with Gasteiger partial charge in [-0.2, -0.15) is 0 Å². The van der Waals surface area contributed by atoms with Gasteiger partial charge in [0.05, 0.1) is 16.9 Å². The van der Waals surface area contributed by atoms with Gasteiger partial charge in [-0.3, -0.25) is 9.20 Å². The molecular formula is C14H12BrN3O2S. The molecule has 0 aliphatic rings. The number of Topliss-reactive ketones (excluding diaryl/α,β-unsaturated/α-hetero) is 1. The van der Waals surface area contributed by atoms with Crippen LogP contribution in [-0.4, -0.2) is 15.2 Å². The quantitative estimate of drug-likeness (QED) is 0.567. The summed E-state index contributed by atoms with van der Waals surface area (Å²) in [5, 5.41) is 1.97. The summed E-state index contributed by atoms with van der Waals surface area (Å²) in [4.78, 5) is 17.0. The average Bonchev–Trinajstić information content (AvgIpc) is 2.97. The van der Waals surface area contributed by atoms with Crippen LogP contribution in [-0.2, 0) is 6.61 Å². The molecule has 0 unspecified atom stereocenters.